The molecule has 2 aromatic rings. The van der Waals surface area contributed by atoms with Gasteiger partial charge in [-0.25, -0.2) is 0 Å². The van der Waals surface area contributed by atoms with Crippen molar-refractivity contribution in [3.63, 3.8) is 0 Å². The predicted octanol–water partition coefficient (Wildman–Crippen LogP) is 3.71. The van der Waals surface area contributed by atoms with Gasteiger partial charge in [0, 0.05) is 20.1 Å². The van der Waals surface area contributed by atoms with E-state index in [-0.39, 0.29) is 30.0 Å². The van der Waals surface area contributed by atoms with E-state index >= 15 is 0 Å². The summed E-state index contributed by atoms with van der Waals surface area (Å²) in [5.74, 6) is 3.21. The van der Waals surface area contributed by atoms with Gasteiger partial charge in [0.25, 0.3) is 0 Å². The van der Waals surface area contributed by atoms with Crippen molar-refractivity contribution in [3.8, 4) is 11.5 Å². The van der Waals surface area contributed by atoms with Crippen molar-refractivity contribution in [3.05, 3.63) is 47.9 Å². The fourth-order valence-corrected chi connectivity index (χ4v) is 3.33. The van der Waals surface area contributed by atoms with Crippen molar-refractivity contribution >= 4 is 29.9 Å². The smallest absolute Gasteiger partial charge is 0.191 e. The zero-order valence-electron chi connectivity index (χ0n) is 18.6. The first kappa shape index (κ1) is 26.1. The van der Waals surface area contributed by atoms with E-state index in [1.54, 1.807) is 27.5 Å². The van der Waals surface area contributed by atoms with Gasteiger partial charge < -0.3 is 24.5 Å². The van der Waals surface area contributed by atoms with Crippen molar-refractivity contribution in [1.82, 2.24) is 15.5 Å². The maximum atomic E-state index is 5.66. The lowest BCUT2D eigenvalue weighted by atomic mass is 10.1. The van der Waals surface area contributed by atoms with Crippen LogP contribution in [0.1, 0.15) is 31.2 Å². The van der Waals surface area contributed by atoms with Gasteiger partial charge in [-0.2, -0.15) is 0 Å². The number of benzene rings is 1. The van der Waals surface area contributed by atoms with Gasteiger partial charge in [0.1, 0.15) is 5.76 Å². The molecule has 8 heteroatoms. The molecular weight excluding hydrogens is 495 g/mol. The zero-order chi connectivity index (χ0) is 21.1. The second kappa shape index (κ2) is 14.1. The van der Waals surface area contributed by atoms with E-state index in [1.165, 1.54) is 5.56 Å². The van der Waals surface area contributed by atoms with Gasteiger partial charge >= 0.3 is 0 Å². The summed E-state index contributed by atoms with van der Waals surface area (Å²) in [5.41, 5.74) is 1.17. The Bertz CT molecular complexity index is 749. The summed E-state index contributed by atoms with van der Waals surface area (Å²) >= 11 is 0. The molecule has 2 N–H and O–H groups in total. The minimum Gasteiger partial charge on any atom is -0.493 e. The molecule has 2 rings (SSSR count). The first-order valence-electron chi connectivity index (χ1n) is 10.1. The third-order valence-corrected chi connectivity index (χ3v) is 4.97. The molecule has 1 aromatic carbocycles. The first-order valence-corrected chi connectivity index (χ1v) is 10.1. The number of likely N-dealkylation sites (N-methyl/N-ethyl adjacent to an activating group) is 1. The van der Waals surface area contributed by atoms with Crippen molar-refractivity contribution in [2.75, 3.05) is 47.4 Å². The molecule has 1 aromatic heterocycles. The van der Waals surface area contributed by atoms with Crippen molar-refractivity contribution < 1.29 is 13.9 Å². The molecule has 7 nitrogen and oxygen atoms in total. The molecule has 0 spiro atoms. The molecule has 0 fully saturated rings. The van der Waals surface area contributed by atoms with E-state index in [9.17, 15) is 0 Å². The van der Waals surface area contributed by atoms with Gasteiger partial charge in [-0.3, -0.25) is 9.89 Å². The summed E-state index contributed by atoms with van der Waals surface area (Å²) < 4.78 is 16.3. The summed E-state index contributed by atoms with van der Waals surface area (Å²) in [6.45, 7) is 7.70. The van der Waals surface area contributed by atoms with Gasteiger partial charge in [0.05, 0.1) is 26.5 Å². The summed E-state index contributed by atoms with van der Waals surface area (Å²) in [6, 6.07) is 10.1. The fraction of sp³-hybridized carbons (Fsp3) is 0.500. The van der Waals surface area contributed by atoms with Crippen LogP contribution >= 0.6 is 24.0 Å². The van der Waals surface area contributed by atoms with Gasteiger partial charge in [-0.05, 0) is 49.3 Å². The molecule has 168 valence electrons. The number of aliphatic imine (C=N–C) groups is 1. The average Bonchev–Trinajstić information content (AvgIpc) is 3.29. The highest BCUT2D eigenvalue weighted by Crippen LogP contribution is 2.27. The largest absolute Gasteiger partial charge is 0.493 e. The summed E-state index contributed by atoms with van der Waals surface area (Å²) in [7, 11) is 5.07. The van der Waals surface area contributed by atoms with E-state index < -0.39 is 0 Å². The Hall–Kier alpha value is -1.94. The van der Waals surface area contributed by atoms with E-state index in [0.29, 0.717) is 6.54 Å². The third-order valence-electron chi connectivity index (χ3n) is 4.97. The molecule has 1 atom stereocenters. The van der Waals surface area contributed by atoms with Crippen LogP contribution in [0.15, 0.2) is 46.0 Å². The Morgan fingerprint density at radius 2 is 1.83 bits per heavy atom. The molecule has 0 bridgehead atoms. The number of halogens is 1. The number of rotatable bonds is 11. The maximum absolute atomic E-state index is 5.66. The average molecular weight is 530 g/mol. The molecule has 0 amide bonds. The lowest BCUT2D eigenvalue weighted by Gasteiger charge is -2.28. The highest BCUT2D eigenvalue weighted by molar-refractivity contribution is 14.0. The Labute approximate surface area is 197 Å². The van der Waals surface area contributed by atoms with E-state index in [4.69, 9.17) is 13.9 Å². The molecule has 0 radical (unpaired) electrons. The van der Waals surface area contributed by atoms with E-state index in [0.717, 1.165) is 49.3 Å². The van der Waals surface area contributed by atoms with E-state index in [1.807, 2.05) is 30.3 Å². The topological polar surface area (TPSA) is 71.3 Å². The second-order valence-corrected chi connectivity index (χ2v) is 6.57. The highest BCUT2D eigenvalue weighted by Gasteiger charge is 2.20. The summed E-state index contributed by atoms with van der Waals surface area (Å²) in [5, 5.41) is 6.80. The number of ether oxygens (including phenoxy) is 2. The molecule has 0 saturated heterocycles. The van der Waals surface area contributed by atoms with Crippen molar-refractivity contribution in [2.45, 2.75) is 26.3 Å². The molecule has 1 unspecified atom stereocenters. The normalized spacial score (nSPS) is 12.3. The van der Waals surface area contributed by atoms with Crippen LogP contribution in [0, 0.1) is 0 Å². The minimum absolute atomic E-state index is 0. The maximum Gasteiger partial charge on any atom is 0.191 e. The number of hydrogen-bond acceptors (Lipinski definition) is 5. The lowest BCUT2D eigenvalue weighted by Crippen LogP contribution is -2.43. The predicted molar refractivity (Wildman–Crippen MR) is 132 cm³/mol. The SMILES string of the molecule is CCN(CC)C(CNC(=NC)NCCc1ccc(OC)c(OC)c1)c1ccco1.I. The Morgan fingerprint density at radius 1 is 1.10 bits per heavy atom. The number of guanidine groups is 1. The van der Waals surface area contributed by atoms with Gasteiger partial charge in [-0.1, -0.05) is 19.9 Å². The van der Waals surface area contributed by atoms with Crippen LogP contribution < -0.4 is 20.1 Å². The van der Waals surface area contributed by atoms with Gasteiger partial charge in [0.2, 0.25) is 0 Å². The van der Waals surface area contributed by atoms with Gasteiger partial charge in [-0.15, -0.1) is 24.0 Å². The molecule has 0 aliphatic rings. The molecule has 30 heavy (non-hydrogen) atoms. The Morgan fingerprint density at radius 3 is 2.40 bits per heavy atom. The van der Waals surface area contributed by atoms with Crippen LogP contribution in [0.2, 0.25) is 0 Å². The number of nitrogens with one attached hydrogen (secondary N) is 2. The van der Waals surface area contributed by atoms with Crippen LogP contribution in [-0.2, 0) is 6.42 Å². The Kier molecular flexibility index (Phi) is 12.3. The Balaban J connectivity index is 0.00000450. The molecular formula is C22H35IN4O3. The van der Waals surface area contributed by atoms with Crippen LogP contribution in [0.4, 0.5) is 0 Å². The molecule has 0 saturated carbocycles. The molecule has 0 aliphatic carbocycles. The van der Waals surface area contributed by atoms with Gasteiger partial charge in [0.15, 0.2) is 17.5 Å². The minimum atomic E-state index is 0. The summed E-state index contributed by atoms with van der Waals surface area (Å²) in [4.78, 5) is 6.71. The van der Waals surface area contributed by atoms with Crippen LogP contribution in [-0.4, -0.2) is 58.3 Å². The fourth-order valence-electron chi connectivity index (χ4n) is 3.33. The molecule has 1 heterocycles. The van der Waals surface area contributed by atoms with E-state index in [2.05, 4.69) is 34.4 Å². The monoisotopic (exact) mass is 530 g/mol. The highest BCUT2D eigenvalue weighted by atomic mass is 127. The number of methoxy groups -OCH3 is 2. The van der Waals surface area contributed by atoms with Crippen molar-refractivity contribution in [2.24, 2.45) is 4.99 Å². The van der Waals surface area contributed by atoms with Crippen LogP contribution in [0.25, 0.3) is 0 Å². The van der Waals surface area contributed by atoms with Crippen LogP contribution in [0.3, 0.4) is 0 Å². The quantitative estimate of drug-likeness (QED) is 0.262. The number of hydrogen-bond donors (Lipinski definition) is 2. The van der Waals surface area contributed by atoms with Crippen LogP contribution in [0.5, 0.6) is 11.5 Å². The zero-order valence-corrected chi connectivity index (χ0v) is 20.9. The number of nitrogens with zero attached hydrogens (tertiary/aromatic N) is 2. The van der Waals surface area contributed by atoms with Crippen molar-refractivity contribution in [1.29, 1.82) is 0 Å². The lowest BCUT2D eigenvalue weighted by molar-refractivity contribution is 0.193. The first-order chi connectivity index (χ1) is 14.2. The summed E-state index contributed by atoms with van der Waals surface area (Å²) in [6.07, 6.45) is 2.57. The third kappa shape index (κ3) is 7.39. The molecule has 0 aliphatic heterocycles. The second-order valence-electron chi connectivity index (χ2n) is 6.57. The standard InChI is InChI=1S/C22H34N4O3.HI/c1-6-26(7-2)18(19-9-8-14-29-19)16-25-22(23-3)24-13-12-17-10-11-20(27-4)21(15-17)28-5;/h8-11,14-15,18H,6-7,12-13,16H2,1-5H3,(H2,23,24,25);1H. The number of furan rings is 1.